The quantitative estimate of drug-likeness (QED) is 0.451. The summed E-state index contributed by atoms with van der Waals surface area (Å²) in [5.74, 6) is 0. The molecule has 2 heteroatoms. The summed E-state index contributed by atoms with van der Waals surface area (Å²) in [5, 5.41) is 0. The second-order valence-corrected chi connectivity index (χ2v) is 2.00. The number of nitrogens with zero attached hydrogens (tertiary/aromatic N) is 2. The first-order valence-electron chi connectivity index (χ1n) is 2.72. The number of hydrogen-bond acceptors (Lipinski definition) is 2. The lowest BCUT2D eigenvalue weighted by Gasteiger charge is -2.20. The van der Waals surface area contributed by atoms with Gasteiger partial charge in [0.05, 0.1) is 6.04 Å². The monoisotopic (exact) mass is 110 g/mol. The molecule has 1 rings (SSSR count). The lowest BCUT2D eigenvalue weighted by molar-refractivity contribution is 0.426. The molecule has 0 N–H and O–H groups in total. The van der Waals surface area contributed by atoms with E-state index in [2.05, 4.69) is 16.8 Å². The highest BCUT2D eigenvalue weighted by atomic mass is 15.1. The molecule has 0 unspecified atom stereocenters. The predicted octanol–water partition coefficient (Wildman–Crippen LogP) is 0.862. The fraction of sp³-hybridized carbons (Fsp3) is 0.500. The van der Waals surface area contributed by atoms with Crippen molar-refractivity contribution >= 4 is 6.21 Å². The zero-order valence-corrected chi connectivity index (χ0v) is 5.20. The average Bonchev–Trinajstić information content (AvgIpc) is 1.77. The SMILES string of the molecule is C[C@H]1C=NC=CN1C. The molecule has 0 fully saturated rings. The van der Waals surface area contributed by atoms with E-state index in [9.17, 15) is 0 Å². The number of hydrogen-bond donors (Lipinski definition) is 0. The van der Waals surface area contributed by atoms with Gasteiger partial charge in [-0.3, -0.25) is 4.99 Å². The summed E-state index contributed by atoms with van der Waals surface area (Å²) in [6.07, 6.45) is 5.67. The molecule has 0 radical (unpaired) electrons. The highest BCUT2D eigenvalue weighted by molar-refractivity contribution is 5.65. The van der Waals surface area contributed by atoms with E-state index in [1.807, 2.05) is 19.5 Å². The van der Waals surface area contributed by atoms with E-state index in [4.69, 9.17) is 0 Å². The van der Waals surface area contributed by atoms with Crippen molar-refractivity contribution in [2.45, 2.75) is 13.0 Å². The van der Waals surface area contributed by atoms with E-state index in [0.29, 0.717) is 6.04 Å². The van der Waals surface area contributed by atoms with Gasteiger partial charge in [0, 0.05) is 25.7 Å². The zero-order valence-electron chi connectivity index (χ0n) is 5.20. The molecule has 2 nitrogen and oxygen atoms in total. The van der Waals surface area contributed by atoms with Crippen molar-refractivity contribution in [3.05, 3.63) is 12.4 Å². The first kappa shape index (κ1) is 5.35. The average molecular weight is 110 g/mol. The van der Waals surface area contributed by atoms with E-state index in [0.717, 1.165) is 0 Å². The van der Waals surface area contributed by atoms with Gasteiger partial charge < -0.3 is 4.90 Å². The van der Waals surface area contributed by atoms with Crippen LogP contribution in [-0.2, 0) is 0 Å². The largest absolute Gasteiger partial charge is 0.371 e. The summed E-state index contributed by atoms with van der Waals surface area (Å²) in [6.45, 7) is 2.10. The third kappa shape index (κ3) is 0.886. The summed E-state index contributed by atoms with van der Waals surface area (Å²) in [7, 11) is 2.03. The van der Waals surface area contributed by atoms with Gasteiger partial charge in [0.15, 0.2) is 0 Å². The van der Waals surface area contributed by atoms with Crippen molar-refractivity contribution in [2.24, 2.45) is 4.99 Å². The van der Waals surface area contributed by atoms with Crippen LogP contribution in [0.25, 0.3) is 0 Å². The van der Waals surface area contributed by atoms with Crippen molar-refractivity contribution in [2.75, 3.05) is 7.05 Å². The predicted molar refractivity (Wildman–Crippen MR) is 34.9 cm³/mol. The molecule has 0 aliphatic carbocycles. The van der Waals surface area contributed by atoms with Crippen LogP contribution in [0.1, 0.15) is 6.92 Å². The molecule has 0 saturated carbocycles. The van der Waals surface area contributed by atoms with Crippen molar-refractivity contribution in [1.29, 1.82) is 0 Å². The van der Waals surface area contributed by atoms with Gasteiger partial charge in [-0.25, -0.2) is 0 Å². The molecule has 0 aromatic rings. The van der Waals surface area contributed by atoms with E-state index >= 15 is 0 Å². The Morgan fingerprint density at radius 3 is 2.75 bits per heavy atom. The van der Waals surface area contributed by atoms with Gasteiger partial charge in [-0.2, -0.15) is 0 Å². The first-order valence-corrected chi connectivity index (χ1v) is 2.72. The van der Waals surface area contributed by atoms with Crippen LogP contribution in [-0.4, -0.2) is 24.2 Å². The Bertz CT molecular complexity index is 110. The van der Waals surface area contributed by atoms with E-state index < -0.39 is 0 Å². The molecule has 1 atom stereocenters. The van der Waals surface area contributed by atoms with Gasteiger partial charge in [-0.1, -0.05) is 0 Å². The van der Waals surface area contributed by atoms with Gasteiger partial charge in [-0.15, -0.1) is 0 Å². The Morgan fingerprint density at radius 1 is 1.62 bits per heavy atom. The molecule has 1 heterocycles. The second-order valence-electron chi connectivity index (χ2n) is 2.00. The second kappa shape index (κ2) is 1.99. The number of aliphatic imine (C=N–C) groups is 1. The van der Waals surface area contributed by atoms with E-state index in [1.165, 1.54) is 0 Å². The fourth-order valence-electron chi connectivity index (χ4n) is 0.559. The molecule has 44 valence electrons. The molecule has 0 amide bonds. The van der Waals surface area contributed by atoms with Crippen LogP contribution in [0.5, 0.6) is 0 Å². The minimum atomic E-state index is 0.458. The zero-order chi connectivity index (χ0) is 5.98. The Hall–Kier alpha value is -0.790. The van der Waals surface area contributed by atoms with Crippen molar-refractivity contribution < 1.29 is 0 Å². The van der Waals surface area contributed by atoms with Crippen LogP contribution < -0.4 is 0 Å². The minimum Gasteiger partial charge on any atom is -0.371 e. The van der Waals surface area contributed by atoms with Crippen LogP contribution in [0.3, 0.4) is 0 Å². The third-order valence-corrected chi connectivity index (χ3v) is 1.33. The maximum absolute atomic E-state index is 3.96. The maximum atomic E-state index is 3.96. The minimum absolute atomic E-state index is 0.458. The summed E-state index contributed by atoms with van der Waals surface area (Å²) in [5.41, 5.74) is 0. The molecular formula is C6H10N2. The molecule has 0 aromatic carbocycles. The lowest BCUT2D eigenvalue weighted by atomic mass is 10.3. The third-order valence-electron chi connectivity index (χ3n) is 1.33. The molecule has 0 aromatic heterocycles. The summed E-state index contributed by atoms with van der Waals surface area (Å²) in [6, 6.07) is 0.458. The van der Waals surface area contributed by atoms with Crippen LogP contribution in [0.4, 0.5) is 0 Å². The van der Waals surface area contributed by atoms with Crippen molar-refractivity contribution in [3.8, 4) is 0 Å². The van der Waals surface area contributed by atoms with Gasteiger partial charge in [0.25, 0.3) is 0 Å². The van der Waals surface area contributed by atoms with E-state index in [1.54, 1.807) is 6.20 Å². The maximum Gasteiger partial charge on any atom is 0.0608 e. The standard InChI is InChI=1S/C6H10N2/c1-6-5-7-3-4-8(6)2/h3-6H,1-2H3/t6-/m0/s1. The van der Waals surface area contributed by atoms with Gasteiger partial charge >= 0.3 is 0 Å². The van der Waals surface area contributed by atoms with Crippen LogP contribution >= 0.6 is 0 Å². The van der Waals surface area contributed by atoms with Crippen LogP contribution in [0.15, 0.2) is 17.4 Å². The fourth-order valence-corrected chi connectivity index (χ4v) is 0.559. The number of rotatable bonds is 0. The Kier molecular flexibility index (Phi) is 1.33. The molecule has 1 aliphatic rings. The molecule has 0 bridgehead atoms. The normalized spacial score (nSPS) is 26.8. The molecule has 0 saturated heterocycles. The van der Waals surface area contributed by atoms with Gasteiger partial charge in [-0.05, 0) is 6.92 Å². The van der Waals surface area contributed by atoms with Crippen molar-refractivity contribution in [3.63, 3.8) is 0 Å². The topological polar surface area (TPSA) is 15.6 Å². The lowest BCUT2D eigenvalue weighted by Crippen LogP contribution is -2.26. The molecule has 8 heavy (non-hydrogen) atoms. The molecular weight excluding hydrogens is 100 g/mol. The van der Waals surface area contributed by atoms with Crippen LogP contribution in [0.2, 0.25) is 0 Å². The smallest absolute Gasteiger partial charge is 0.0608 e. The summed E-state index contributed by atoms with van der Waals surface area (Å²) >= 11 is 0. The Balaban J connectivity index is 2.59. The van der Waals surface area contributed by atoms with Gasteiger partial charge in [0.2, 0.25) is 0 Å². The van der Waals surface area contributed by atoms with Crippen LogP contribution in [0, 0.1) is 0 Å². The first-order chi connectivity index (χ1) is 3.80. The van der Waals surface area contributed by atoms with Gasteiger partial charge in [0.1, 0.15) is 0 Å². The van der Waals surface area contributed by atoms with Crippen molar-refractivity contribution in [1.82, 2.24) is 4.90 Å². The Labute approximate surface area is 49.5 Å². The highest BCUT2D eigenvalue weighted by Crippen LogP contribution is 1.97. The Morgan fingerprint density at radius 2 is 2.38 bits per heavy atom. The van der Waals surface area contributed by atoms with E-state index in [-0.39, 0.29) is 0 Å². The highest BCUT2D eigenvalue weighted by Gasteiger charge is 2.01. The summed E-state index contributed by atoms with van der Waals surface area (Å²) < 4.78 is 0. The summed E-state index contributed by atoms with van der Waals surface area (Å²) in [4.78, 5) is 6.07. The molecule has 0 spiro atoms. The molecule has 1 aliphatic heterocycles.